The minimum atomic E-state index is -0.247. The van der Waals surface area contributed by atoms with Crippen LogP contribution in [-0.4, -0.2) is 45.7 Å². The SMILES string of the molecule is Cn1c(CNC(=O)c2ccc3c(c2)OCO3)nnc1SCC(=O)N1CCc2ccccc21. The number of amides is 2. The zero-order chi connectivity index (χ0) is 22.1. The maximum absolute atomic E-state index is 12.7. The van der Waals surface area contributed by atoms with E-state index in [1.165, 1.54) is 17.3 Å². The summed E-state index contributed by atoms with van der Waals surface area (Å²) in [6.45, 7) is 1.08. The van der Waals surface area contributed by atoms with Gasteiger partial charge in [0.25, 0.3) is 5.91 Å². The average molecular weight is 452 g/mol. The van der Waals surface area contributed by atoms with Crippen LogP contribution in [0.25, 0.3) is 0 Å². The van der Waals surface area contributed by atoms with Gasteiger partial charge in [0, 0.05) is 24.8 Å². The van der Waals surface area contributed by atoms with Crippen molar-refractivity contribution in [2.45, 2.75) is 18.1 Å². The largest absolute Gasteiger partial charge is 0.454 e. The predicted octanol–water partition coefficient (Wildman–Crippen LogP) is 2.16. The molecule has 10 heteroatoms. The Balaban J connectivity index is 1.17. The second-order valence-electron chi connectivity index (χ2n) is 7.42. The highest BCUT2D eigenvalue weighted by atomic mass is 32.2. The van der Waals surface area contributed by atoms with E-state index in [0.717, 1.165) is 12.1 Å². The van der Waals surface area contributed by atoms with E-state index in [0.29, 0.717) is 34.6 Å². The van der Waals surface area contributed by atoms with Crippen LogP contribution in [0, 0.1) is 0 Å². The number of nitrogens with one attached hydrogen (secondary N) is 1. The summed E-state index contributed by atoms with van der Waals surface area (Å²) < 4.78 is 12.4. The monoisotopic (exact) mass is 451 g/mol. The second kappa shape index (κ2) is 8.54. The van der Waals surface area contributed by atoms with Gasteiger partial charge in [-0.3, -0.25) is 9.59 Å². The molecule has 2 aliphatic rings. The van der Waals surface area contributed by atoms with Gasteiger partial charge in [-0.2, -0.15) is 0 Å². The Labute approximate surface area is 188 Å². The van der Waals surface area contributed by atoms with Gasteiger partial charge in [-0.1, -0.05) is 30.0 Å². The van der Waals surface area contributed by atoms with Crippen LogP contribution in [0.1, 0.15) is 21.7 Å². The van der Waals surface area contributed by atoms with E-state index in [9.17, 15) is 9.59 Å². The Hall–Kier alpha value is -3.53. The molecule has 0 fully saturated rings. The summed E-state index contributed by atoms with van der Waals surface area (Å²) >= 11 is 1.34. The lowest BCUT2D eigenvalue weighted by atomic mass is 10.2. The number of nitrogens with zero attached hydrogens (tertiary/aromatic N) is 4. The molecule has 3 aromatic rings. The van der Waals surface area contributed by atoms with Gasteiger partial charge in [0.05, 0.1) is 12.3 Å². The van der Waals surface area contributed by atoms with Crippen LogP contribution in [0.3, 0.4) is 0 Å². The summed E-state index contributed by atoms with van der Waals surface area (Å²) in [6, 6.07) is 13.0. The molecular formula is C22H21N5O4S. The predicted molar refractivity (Wildman–Crippen MR) is 118 cm³/mol. The normalized spacial score (nSPS) is 13.8. The molecular weight excluding hydrogens is 430 g/mol. The van der Waals surface area contributed by atoms with Crippen molar-refractivity contribution in [3.05, 3.63) is 59.4 Å². The fourth-order valence-corrected chi connectivity index (χ4v) is 4.53. The van der Waals surface area contributed by atoms with Gasteiger partial charge in [0.2, 0.25) is 12.7 Å². The molecule has 0 bridgehead atoms. The fourth-order valence-electron chi connectivity index (χ4n) is 3.73. The van der Waals surface area contributed by atoms with Crippen molar-refractivity contribution < 1.29 is 19.1 Å². The Morgan fingerprint density at radius 2 is 1.97 bits per heavy atom. The summed E-state index contributed by atoms with van der Waals surface area (Å²) in [5.41, 5.74) is 2.66. The quantitative estimate of drug-likeness (QED) is 0.574. The second-order valence-corrected chi connectivity index (χ2v) is 8.36. The number of aromatic nitrogens is 3. The number of carbonyl (C=O) groups is 2. The lowest BCUT2D eigenvalue weighted by molar-refractivity contribution is -0.116. The summed E-state index contributed by atoms with van der Waals surface area (Å²) in [5, 5.41) is 11.8. The van der Waals surface area contributed by atoms with Crippen LogP contribution in [-0.2, 0) is 24.8 Å². The number of benzene rings is 2. The first-order chi connectivity index (χ1) is 15.6. The molecule has 5 rings (SSSR count). The Bertz CT molecular complexity index is 1190. The molecule has 0 saturated heterocycles. The lowest BCUT2D eigenvalue weighted by Crippen LogP contribution is -2.30. The van der Waals surface area contributed by atoms with E-state index in [2.05, 4.69) is 21.6 Å². The van der Waals surface area contributed by atoms with E-state index in [4.69, 9.17) is 9.47 Å². The summed E-state index contributed by atoms with van der Waals surface area (Å²) in [6.07, 6.45) is 0.879. The standard InChI is InChI=1S/C22H21N5O4S/c1-26-19(11-23-21(29)15-6-7-17-18(10-15)31-13-30-17)24-25-22(26)32-12-20(28)27-9-8-14-4-2-3-5-16(14)27/h2-7,10H,8-9,11-13H2,1H3,(H,23,29). The third kappa shape index (κ3) is 3.89. The molecule has 2 aliphatic heterocycles. The number of thioether (sulfide) groups is 1. The Kier molecular flexibility index (Phi) is 5.44. The maximum atomic E-state index is 12.7. The van der Waals surface area contributed by atoms with Crippen LogP contribution in [0.4, 0.5) is 5.69 Å². The van der Waals surface area contributed by atoms with Crippen LogP contribution in [0.15, 0.2) is 47.6 Å². The third-order valence-corrected chi connectivity index (χ3v) is 6.48. The van der Waals surface area contributed by atoms with Gasteiger partial charge < -0.3 is 24.3 Å². The summed E-state index contributed by atoms with van der Waals surface area (Å²) in [4.78, 5) is 27.0. The zero-order valence-electron chi connectivity index (χ0n) is 17.4. The highest BCUT2D eigenvalue weighted by Crippen LogP contribution is 2.32. The molecule has 9 nitrogen and oxygen atoms in total. The van der Waals surface area contributed by atoms with Crippen LogP contribution >= 0.6 is 11.8 Å². The van der Waals surface area contributed by atoms with E-state index < -0.39 is 0 Å². The minimum absolute atomic E-state index is 0.0422. The van der Waals surface area contributed by atoms with Crippen molar-refractivity contribution in [3.63, 3.8) is 0 Å². The zero-order valence-corrected chi connectivity index (χ0v) is 18.2. The maximum Gasteiger partial charge on any atom is 0.251 e. The minimum Gasteiger partial charge on any atom is -0.454 e. The van der Waals surface area contributed by atoms with Crippen LogP contribution in [0.5, 0.6) is 11.5 Å². The van der Waals surface area contributed by atoms with Crippen molar-refractivity contribution in [2.75, 3.05) is 24.0 Å². The first-order valence-corrected chi connectivity index (χ1v) is 11.2. The van der Waals surface area contributed by atoms with Crippen molar-refractivity contribution >= 4 is 29.3 Å². The first kappa shape index (κ1) is 20.4. The Morgan fingerprint density at radius 1 is 1.12 bits per heavy atom. The van der Waals surface area contributed by atoms with Gasteiger partial charge in [0.15, 0.2) is 22.5 Å². The van der Waals surface area contributed by atoms with E-state index >= 15 is 0 Å². The van der Waals surface area contributed by atoms with Crippen molar-refractivity contribution in [3.8, 4) is 11.5 Å². The van der Waals surface area contributed by atoms with Gasteiger partial charge in [-0.25, -0.2) is 0 Å². The third-order valence-electron chi connectivity index (χ3n) is 5.48. The molecule has 0 atom stereocenters. The highest BCUT2D eigenvalue weighted by Gasteiger charge is 2.24. The molecule has 164 valence electrons. The first-order valence-electron chi connectivity index (χ1n) is 10.2. The van der Waals surface area contributed by atoms with E-state index in [1.807, 2.05) is 30.1 Å². The fraction of sp³-hybridized carbons (Fsp3) is 0.273. The van der Waals surface area contributed by atoms with Crippen molar-refractivity contribution in [2.24, 2.45) is 7.05 Å². The number of hydrogen-bond acceptors (Lipinski definition) is 7. The van der Waals surface area contributed by atoms with Crippen LogP contribution in [0.2, 0.25) is 0 Å². The molecule has 0 unspecified atom stereocenters. The van der Waals surface area contributed by atoms with E-state index in [1.54, 1.807) is 22.8 Å². The van der Waals surface area contributed by atoms with Gasteiger partial charge in [-0.05, 0) is 36.2 Å². The number of carbonyl (C=O) groups excluding carboxylic acids is 2. The molecule has 1 N–H and O–H groups in total. The molecule has 3 heterocycles. The van der Waals surface area contributed by atoms with Crippen molar-refractivity contribution in [1.29, 1.82) is 0 Å². The number of para-hydroxylation sites is 1. The Morgan fingerprint density at radius 3 is 2.88 bits per heavy atom. The summed E-state index contributed by atoms with van der Waals surface area (Å²) in [7, 11) is 1.82. The molecule has 32 heavy (non-hydrogen) atoms. The van der Waals surface area contributed by atoms with Crippen LogP contribution < -0.4 is 19.7 Å². The number of ether oxygens (including phenoxy) is 2. The highest BCUT2D eigenvalue weighted by molar-refractivity contribution is 7.99. The summed E-state index contributed by atoms with van der Waals surface area (Å²) in [5.74, 6) is 1.84. The molecule has 0 spiro atoms. The molecule has 0 radical (unpaired) electrons. The number of anilines is 1. The molecule has 0 saturated carbocycles. The lowest BCUT2D eigenvalue weighted by Gasteiger charge is -2.16. The molecule has 1 aromatic heterocycles. The number of fused-ring (bicyclic) bond motifs is 2. The molecule has 0 aliphatic carbocycles. The van der Waals surface area contributed by atoms with Gasteiger partial charge in [-0.15, -0.1) is 10.2 Å². The smallest absolute Gasteiger partial charge is 0.251 e. The number of rotatable bonds is 6. The van der Waals surface area contributed by atoms with Crippen molar-refractivity contribution in [1.82, 2.24) is 20.1 Å². The average Bonchev–Trinajstić information content (AvgIpc) is 3.54. The van der Waals surface area contributed by atoms with Gasteiger partial charge in [0.1, 0.15) is 0 Å². The molecule has 2 amide bonds. The molecule has 2 aromatic carbocycles. The van der Waals surface area contributed by atoms with Gasteiger partial charge >= 0.3 is 0 Å². The number of hydrogen-bond donors (Lipinski definition) is 1. The topological polar surface area (TPSA) is 98.6 Å². The van der Waals surface area contributed by atoms with E-state index in [-0.39, 0.29) is 30.9 Å².